The Bertz CT molecular complexity index is 702. The third-order valence-electron chi connectivity index (χ3n) is 3.87. The summed E-state index contributed by atoms with van der Waals surface area (Å²) in [5, 5.41) is 27.9. The second-order valence-corrected chi connectivity index (χ2v) is 5.81. The van der Waals surface area contributed by atoms with Gasteiger partial charge in [-0.05, 0) is 50.5 Å². The fraction of sp³-hybridized carbons (Fsp3) is 0.368. The number of rotatable bonds is 11. The SMILES string of the molecule is C=CC1=C(CCCC(=N)/C=C\N)C(=N)/C(=C\NCCCCC#N)C(N)=N1. The van der Waals surface area contributed by atoms with E-state index in [0.717, 1.165) is 18.4 Å². The van der Waals surface area contributed by atoms with E-state index < -0.39 is 0 Å². The molecule has 1 aliphatic rings. The zero-order valence-electron chi connectivity index (χ0n) is 15.0. The number of nitrogens with one attached hydrogen (secondary N) is 3. The highest BCUT2D eigenvalue weighted by Gasteiger charge is 2.22. The van der Waals surface area contributed by atoms with E-state index in [1.54, 1.807) is 18.4 Å². The van der Waals surface area contributed by atoms with E-state index in [4.69, 9.17) is 27.5 Å². The standard InChI is InChI=1S/C19H27N7/c1-2-17-15(8-6-7-14(22)9-11-21)18(23)16(19(24)26-17)13-25-12-5-3-4-10-20/h2,9,11,13,22-23,25H,1,3-8,12,21H2,(H2,24,26)/b11-9-,16-13+,22-14?,23-18?. The van der Waals surface area contributed by atoms with Crippen molar-refractivity contribution >= 4 is 17.3 Å². The van der Waals surface area contributed by atoms with Crippen LogP contribution in [0.1, 0.15) is 38.5 Å². The van der Waals surface area contributed by atoms with Gasteiger partial charge < -0.3 is 22.2 Å². The van der Waals surface area contributed by atoms with Crippen molar-refractivity contribution in [3.8, 4) is 6.07 Å². The fourth-order valence-corrected chi connectivity index (χ4v) is 2.50. The van der Waals surface area contributed by atoms with Crippen LogP contribution in [0.25, 0.3) is 0 Å². The molecule has 1 rings (SSSR count). The average molecular weight is 353 g/mol. The van der Waals surface area contributed by atoms with Crippen LogP contribution < -0.4 is 16.8 Å². The molecule has 0 aliphatic carbocycles. The summed E-state index contributed by atoms with van der Waals surface area (Å²) in [5.41, 5.74) is 14.0. The van der Waals surface area contributed by atoms with Gasteiger partial charge in [-0.1, -0.05) is 6.58 Å². The average Bonchev–Trinajstić information content (AvgIpc) is 2.62. The van der Waals surface area contributed by atoms with Crippen molar-refractivity contribution in [3.05, 3.63) is 48.0 Å². The van der Waals surface area contributed by atoms with Crippen molar-refractivity contribution in [2.45, 2.75) is 38.5 Å². The molecule has 26 heavy (non-hydrogen) atoms. The number of nitrogens with two attached hydrogens (primary N) is 2. The van der Waals surface area contributed by atoms with E-state index >= 15 is 0 Å². The van der Waals surface area contributed by atoms with Gasteiger partial charge in [-0.2, -0.15) is 5.26 Å². The Morgan fingerprint density at radius 1 is 1.35 bits per heavy atom. The second kappa shape index (κ2) is 11.4. The minimum atomic E-state index is 0.289. The van der Waals surface area contributed by atoms with Gasteiger partial charge in [0.05, 0.1) is 23.1 Å². The van der Waals surface area contributed by atoms with Gasteiger partial charge in [0.2, 0.25) is 0 Å². The van der Waals surface area contributed by atoms with Gasteiger partial charge in [0, 0.05) is 30.5 Å². The fourth-order valence-electron chi connectivity index (χ4n) is 2.50. The van der Waals surface area contributed by atoms with Gasteiger partial charge in [0.15, 0.2) is 0 Å². The van der Waals surface area contributed by atoms with Gasteiger partial charge in [0.25, 0.3) is 0 Å². The molecular formula is C19H27N7. The Balaban J connectivity index is 2.75. The molecule has 0 amide bonds. The number of allylic oxidation sites excluding steroid dienone is 3. The largest absolute Gasteiger partial charge is 0.405 e. The molecule has 0 spiro atoms. The highest BCUT2D eigenvalue weighted by Crippen LogP contribution is 2.24. The van der Waals surface area contributed by atoms with Crippen molar-refractivity contribution in [3.63, 3.8) is 0 Å². The van der Waals surface area contributed by atoms with Crippen LogP contribution in [0.4, 0.5) is 0 Å². The van der Waals surface area contributed by atoms with Gasteiger partial charge >= 0.3 is 0 Å². The van der Waals surface area contributed by atoms with E-state index in [2.05, 4.69) is 23.0 Å². The lowest BCUT2D eigenvalue weighted by Crippen LogP contribution is -2.28. The third-order valence-corrected chi connectivity index (χ3v) is 3.87. The zero-order chi connectivity index (χ0) is 19.4. The molecule has 0 aromatic carbocycles. The van der Waals surface area contributed by atoms with Gasteiger partial charge in [-0.25, -0.2) is 4.99 Å². The number of nitriles is 1. The summed E-state index contributed by atoms with van der Waals surface area (Å²) >= 11 is 0. The molecule has 0 aromatic rings. The minimum absolute atomic E-state index is 0.289. The van der Waals surface area contributed by atoms with Crippen molar-refractivity contribution in [2.75, 3.05) is 6.54 Å². The minimum Gasteiger partial charge on any atom is -0.405 e. The van der Waals surface area contributed by atoms with Crippen LogP contribution in [-0.2, 0) is 0 Å². The smallest absolute Gasteiger partial charge is 0.135 e. The van der Waals surface area contributed by atoms with E-state index in [9.17, 15) is 0 Å². The zero-order valence-corrected chi connectivity index (χ0v) is 15.0. The number of hydrogen-bond acceptors (Lipinski definition) is 7. The van der Waals surface area contributed by atoms with Gasteiger partial charge in [-0.15, -0.1) is 0 Å². The summed E-state index contributed by atoms with van der Waals surface area (Å²) in [7, 11) is 0. The Kier molecular flexibility index (Phi) is 9.18. The molecule has 0 radical (unpaired) electrons. The van der Waals surface area contributed by atoms with Crippen LogP contribution in [0, 0.1) is 22.1 Å². The Hall–Kier alpha value is -3.14. The first-order chi connectivity index (χ1) is 12.5. The van der Waals surface area contributed by atoms with E-state index in [-0.39, 0.29) is 5.84 Å². The molecule has 138 valence electrons. The van der Waals surface area contributed by atoms with Crippen LogP contribution in [0.2, 0.25) is 0 Å². The first-order valence-corrected chi connectivity index (χ1v) is 8.60. The van der Waals surface area contributed by atoms with Crippen molar-refractivity contribution in [1.82, 2.24) is 5.32 Å². The molecule has 7 heteroatoms. The van der Waals surface area contributed by atoms with Crippen LogP contribution in [0.15, 0.2) is 53.0 Å². The number of unbranched alkanes of at least 4 members (excludes halogenated alkanes) is 2. The third kappa shape index (κ3) is 6.40. The maximum Gasteiger partial charge on any atom is 0.135 e. The Morgan fingerprint density at radius 2 is 2.12 bits per heavy atom. The van der Waals surface area contributed by atoms with Gasteiger partial charge in [0.1, 0.15) is 5.84 Å². The molecule has 0 unspecified atom stereocenters. The molecule has 7 nitrogen and oxygen atoms in total. The topological polar surface area (TPSA) is 148 Å². The molecule has 7 N–H and O–H groups in total. The lowest BCUT2D eigenvalue weighted by molar-refractivity contribution is 0.707. The molecule has 0 atom stereocenters. The molecule has 1 heterocycles. The van der Waals surface area contributed by atoms with Crippen LogP contribution in [0.5, 0.6) is 0 Å². The molecule has 0 aromatic heterocycles. The molecule has 0 bridgehead atoms. The quantitative estimate of drug-likeness (QED) is 0.287. The second-order valence-electron chi connectivity index (χ2n) is 5.81. The summed E-state index contributed by atoms with van der Waals surface area (Å²) in [6.07, 6.45) is 10.4. The van der Waals surface area contributed by atoms with Crippen molar-refractivity contribution in [1.29, 1.82) is 16.1 Å². The summed E-state index contributed by atoms with van der Waals surface area (Å²) in [6.45, 7) is 4.47. The number of amidine groups is 1. The van der Waals surface area contributed by atoms with Gasteiger partial charge in [-0.3, -0.25) is 5.41 Å². The number of aliphatic imine (C=N–C) groups is 1. The van der Waals surface area contributed by atoms with E-state index in [1.807, 2.05) is 0 Å². The van der Waals surface area contributed by atoms with E-state index in [0.29, 0.717) is 54.9 Å². The lowest BCUT2D eigenvalue weighted by Gasteiger charge is -2.20. The lowest BCUT2D eigenvalue weighted by atomic mass is 9.93. The molecule has 1 aliphatic heterocycles. The van der Waals surface area contributed by atoms with Crippen LogP contribution in [-0.4, -0.2) is 23.8 Å². The normalized spacial score (nSPS) is 15.9. The Morgan fingerprint density at radius 3 is 2.77 bits per heavy atom. The Labute approximate surface area is 154 Å². The maximum absolute atomic E-state index is 8.53. The molecule has 0 fully saturated rings. The van der Waals surface area contributed by atoms with Crippen molar-refractivity contribution < 1.29 is 0 Å². The molecule has 0 saturated carbocycles. The highest BCUT2D eigenvalue weighted by molar-refractivity contribution is 6.30. The predicted octanol–water partition coefficient (Wildman–Crippen LogP) is 2.65. The van der Waals surface area contributed by atoms with Crippen LogP contribution in [0.3, 0.4) is 0 Å². The predicted molar refractivity (Wildman–Crippen MR) is 107 cm³/mol. The summed E-state index contributed by atoms with van der Waals surface area (Å²) in [4.78, 5) is 4.35. The number of nitrogens with zero attached hydrogens (tertiary/aromatic N) is 2. The maximum atomic E-state index is 8.53. The van der Waals surface area contributed by atoms with E-state index in [1.165, 1.54) is 6.20 Å². The first kappa shape index (κ1) is 20.9. The number of hydrogen-bond donors (Lipinski definition) is 5. The summed E-state index contributed by atoms with van der Waals surface area (Å²) < 4.78 is 0. The monoisotopic (exact) mass is 353 g/mol. The molecule has 0 saturated heterocycles. The highest BCUT2D eigenvalue weighted by atomic mass is 14.9. The van der Waals surface area contributed by atoms with Crippen LogP contribution >= 0.6 is 0 Å². The molecular weight excluding hydrogens is 326 g/mol. The van der Waals surface area contributed by atoms with Crippen molar-refractivity contribution in [2.24, 2.45) is 16.5 Å². The summed E-state index contributed by atoms with van der Waals surface area (Å²) in [6, 6.07) is 2.12. The first-order valence-electron chi connectivity index (χ1n) is 8.60. The summed E-state index contributed by atoms with van der Waals surface area (Å²) in [5.74, 6) is 0.289.